The Morgan fingerprint density at radius 2 is 2.10 bits per heavy atom. The Labute approximate surface area is 127 Å². The molecular weight excluding hydrogens is 268 g/mol. The zero-order valence-corrected chi connectivity index (χ0v) is 14.4. The molecule has 1 heterocycles. The van der Waals surface area contributed by atoms with Crippen molar-refractivity contribution in [1.29, 1.82) is 0 Å². The lowest BCUT2D eigenvalue weighted by Gasteiger charge is -2.30. The predicted molar refractivity (Wildman–Crippen MR) is 89.7 cm³/mol. The maximum atomic E-state index is 4.74. The van der Waals surface area contributed by atoms with Gasteiger partial charge < -0.3 is 10.2 Å². The van der Waals surface area contributed by atoms with Crippen LogP contribution in [0.25, 0.3) is 0 Å². The lowest BCUT2D eigenvalue weighted by Crippen LogP contribution is -2.34. The van der Waals surface area contributed by atoms with E-state index in [0.717, 1.165) is 35.9 Å². The highest BCUT2D eigenvalue weighted by Crippen LogP contribution is 2.23. The zero-order valence-electron chi connectivity index (χ0n) is 13.6. The molecule has 0 bridgehead atoms. The minimum absolute atomic E-state index is 0.359. The van der Waals surface area contributed by atoms with Gasteiger partial charge in [-0.3, -0.25) is 0 Å². The van der Waals surface area contributed by atoms with Gasteiger partial charge in [0.05, 0.1) is 17.6 Å². The first-order valence-electron chi connectivity index (χ1n) is 7.27. The third-order valence-electron chi connectivity index (χ3n) is 3.48. The third-order valence-corrected chi connectivity index (χ3v) is 4.20. The number of hydrogen-bond donors (Lipinski definition) is 1. The van der Waals surface area contributed by atoms with Crippen molar-refractivity contribution in [2.24, 2.45) is 0 Å². The molecule has 1 aromatic heterocycles. The molecule has 0 saturated carbocycles. The summed E-state index contributed by atoms with van der Waals surface area (Å²) in [5.74, 6) is 2.40. The van der Waals surface area contributed by atoms with Crippen LogP contribution in [0.15, 0.2) is 6.20 Å². The van der Waals surface area contributed by atoms with Crippen molar-refractivity contribution >= 4 is 17.4 Å². The van der Waals surface area contributed by atoms with Crippen molar-refractivity contribution in [3.05, 3.63) is 17.7 Å². The molecule has 0 aliphatic rings. The molecule has 4 nitrogen and oxygen atoms in total. The standard InChI is InChI=1S/C15H28N4S/c1-7-12(10-20-6)19(5)14-9-17-15(11(2)3)18-13(14)8-16-4/h9,11-12,16H,7-8,10H2,1-6H3. The fourth-order valence-electron chi connectivity index (χ4n) is 2.19. The van der Waals surface area contributed by atoms with Gasteiger partial charge in [-0.15, -0.1) is 0 Å². The van der Waals surface area contributed by atoms with Crippen LogP contribution in [0.4, 0.5) is 5.69 Å². The summed E-state index contributed by atoms with van der Waals surface area (Å²) < 4.78 is 0. The fraction of sp³-hybridized carbons (Fsp3) is 0.733. The average Bonchev–Trinajstić information content (AvgIpc) is 2.44. The van der Waals surface area contributed by atoms with Crippen molar-refractivity contribution < 1.29 is 0 Å². The molecule has 0 aliphatic carbocycles. The molecule has 1 unspecified atom stereocenters. The van der Waals surface area contributed by atoms with Crippen LogP contribution < -0.4 is 10.2 Å². The SMILES string of the molecule is CCC(CSC)N(C)c1cnc(C(C)C)nc1CNC. The minimum Gasteiger partial charge on any atom is -0.368 e. The highest BCUT2D eigenvalue weighted by atomic mass is 32.2. The monoisotopic (exact) mass is 296 g/mol. The Balaban J connectivity index is 3.08. The smallest absolute Gasteiger partial charge is 0.131 e. The Bertz CT molecular complexity index is 409. The van der Waals surface area contributed by atoms with E-state index in [4.69, 9.17) is 4.98 Å². The second-order valence-corrected chi connectivity index (χ2v) is 6.28. The highest BCUT2D eigenvalue weighted by Gasteiger charge is 2.18. The summed E-state index contributed by atoms with van der Waals surface area (Å²) in [6.07, 6.45) is 5.27. The molecule has 0 aliphatic heterocycles. The summed E-state index contributed by atoms with van der Waals surface area (Å²) in [5, 5.41) is 3.21. The molecule has 0 fully saturated rings. The van der Waals surface area contributed by atoms with Crippen LogP contribution in [0.2, 0.25) is 0 Å². The molecule has 5 heteroatoms. The van der Waals surface area contributed by atoms with E-state index in [1.165, 1.54) is 0 Å². The lowest BCUT2D eigenvalue weighted by atomic mass is 10.1. The van der Waals surface area contributed by atoms with E-state index in [1.807, 2.05) is 25.0 Å². The summed E-state index contributed by atoms with van der Waals surface area (Å²) >= 11 is 1.89. The molecule has 0 saturated heterocycles. The molecule has 114 valence electrons. The normalized spacial score (nSPS) is 12.8. The summed E-state index contributed by atoms with van der Waals surface area (Å²) in [6.45, 7) is 7.27. The van der Waals surface area contributed by atoms with Crippen molar-refractivity contribution in [3.63, 3.8) is 0 Å². The number of anilines is 1. The van der Waals surface area contributed by atoms with E-state index in [-0.39, 0.29) is 0 Å². The molecule has 0 spiro atoms. The average molecular weight is 296 g/mol. The molecule has 1 rings (SSSR count). The van der Waals surface area contributed by atoms with Crippen LogP contribution in [-0.4, -0.2) is 42.1 Å². The predicted octanol–water partition coefficient (Wildman–Crippen LogP) is 2.90. The van der Waals surface area contributed by atoms with E-state index in [9.17, 15) is 0 Å². The van der Waals surface area contributed by atoms with Gasteiger partial charge in [-0.05, 0) is 19.7 Å². The summed E-state index contributed by atoms with van der Waals surface area (Å²) in [5.41, 5.74) is 2.23. The van der Waals surface area contributed by atoms with Crippen molar-refractivity contribution in [1.82, 2.24) is 15.3 Å². The molecule has 1 N–H and O–H groups in total. The highest BCUT2D eigenvalue weighted by molar-refractivity contribution is 7.98. The van der Waals surface area contributed by atoms with Crippen molar-refractivity contribution in [3.8, 4) is 0 Å². The zero-order chi connectivity index (χ0) is 15.1. The summed E-state index contributed by atoms with van der Waals surface area (Å²) in [6, 6.07) is 0.522. The van der Waals surface area contributed by atoms with Gasteiger partial charge >= 0.3 is 0 Å². The Hall–Kier alpha value is -0.810. The van der Waals surface area contributed by atoms with E-state index < -0.39 is 0 Å². The molecule has 1 aromatic rings. The van der Waals surface area contributed by atoms with Gasteiger partial charge in [0.15, 0.2) is 0 Å². The summed E-state index contributed by atoms with van der Waals surface area (Å²) in [4.78, 5) is 11.6. The number of thioether (sulfide) groups is 1. The van der Waals surface area contributed by atoms with E-state index in [1.54, 1.807) is 0 Å². The fourth-order valence-corrected chi connectivity index (χ4v) is 3.03. The molecule has 0 radical (unpaired) electrons. The first-order valence-corrected chi connectivity index (χ1v) is 8.66. The van der Waals surface area contributed by atoms with Crippen molar-refractivity contribution in [2.45, 2.75) is 45.7 Å². The Morgan fingerprint density at radius 1 is 1.40 bits per heavy atom. The van der Waals surface area contributed by atoms with Gasteiger partial charge in [-0.1, -0.05) is 20.8 Å². The van der Waals surface area contributed by atoms with Crippen LogP contribution in [0.1, 0.15) is 44.6 Å². The lowest BCUT2D eigenvalue weighted by molar-refractivity contribution is 0.655. The number of rotatable bonds is 8. The van der Waals surface area contributed by atoms with E-state index in [0.29, 0.717) is 12.0 Å². The van der Waals surface area contributed by atoms with Crippen LogP contribution >= 0.6 is 11.8 Å². The van der Waals surface area contributed by atoms with Crippen molar-refractivity contribution in [2.75, 3.05) is 31.0 Å². The van der Waals surface area contributed by atoms with Crippen LogP contribution in [0.5, 0.6) is 0 Å². The largest absolute Gasteiger partial charge is 0.368 e. The van der Waals surface area contributed by atoms with Gasteiger partial charge in [-0.25, -0.2) is 9.97 Å². The molecule has 0 aromatic carbocycles. The van der Waals surface area contributed by atoms with Crippen LogP contribution in [-0.2, 0) is 6.54 Å². The first kappa shape index (κ1) is 17.2. The van der Waals surface area contributed by atoms with Gasteiger partial charge in [0.25, 0.3) is 0 Å². The quantitative estimate of drug-likeness (QED) is 0.799. The van der Waals surface area contributed by atoms with Gasteiger partial charge in [0.2, 0.25) is 0 Å². The second kappa shape index (κ2) is 8.47. The topological polar surface area (TPSA) is 41.1 Å². The molecule has 20 heavy (non-hydrogen) atoms. The maximum Gasteiger partial charge on any atom is 0.131 e. The van der Waals surface area contributed by atoms with E-state index in [2.05, 4.69) is 49.3 Å². The Kier molecular flexibility index (Phi) is 7.30. The van der Waals surface area contributed by atoms with E-state index >= 15 is 0 Å². The van der Waals surface area contributed by atoms with Gasteiger partial charge in [-0.2, -0.15) is 11.8 Å². The molecular formula is C15H28N4S. The van der Waals surface area contributed by atoms with Crippen LogP contribution in [0, 0.1) is 0 Å². The Morgan fingerprint density at radius 3 is 2.60 bits per heavy atom. The number of hydrogen-bond acceptors (Lipinski definition) is 5. The minimum atomic E-state index is 0.359. The first-order chi connectivity index (χ1) is 9.54. The summed E-state index contributed by atoms with van der Waals surface area (Å²) in [7, 11) is 4.11. The number of aromatic nitrogens is 2. The van der Waals surface area contributed by atoms with Gasteiger partial charge in [0, 0.05) is 31.3 Å². The van der Waals surface area contributed by atoms with Crippen LogP contribution in [0.3, 0.4) is 0 Å². The second-order valence-electron chi connectivity index (χ2n) is 5.37. The number of nitrogens with zero attached hydrogens (tertiary/aromatic N) is 3. The third kappa shape index (κ3) is 4.35. The maximum absolute atomic E-state index is 4.74. The molecule has 1 atom stereocenters. The molecule has 0 amide bonds. The van der Waals surface area contributed by atoms with Gasteiger partial charge in [0.1, 0.15) is 5.82 Å². The number of nitrogens with one attached hydrogen (secondary N) is 1.